The van der Waals surface area contributed by atoms with Gasteiger partial charge in [0.1, 0.15) is 0 Å². The van der Waals surface area contributed by atoms with E-state index in [-0.39, 0.29) is 24.2 Å². The molecule has 0 aliphatic carbocycles. The van der Waals surface area contributed by atoms with Crippen LogP contribution in [0.2, 0.25) is 0 Å². The van der Waals surface area contributed by atoms with E-state index in [0.29, 0.717) is 13.1 Å². The average Bonchev–Trinajstić information content (AvgIpc) is 3.31. The molecule has 2 amide bonds. The third kappa shape index (κ3) is 4.04. The number of carbonyl (C=O) groups excluding carboxylic acids is 2. The van der Waals surface area contributed by atoms with E-state index in [2.05, 4.69) is 41.2 Å². The van der Waals surface area contributed by atoms with Crippen molar-refractivity contribution >= 4 is 28.4 Å². The van der Waals surface area contributed by atoms with Crippen LogP contribution < -0.4 is 10.2 Å². The van der Waals surface area contributed by atoms with Crippen molar-refractivity contribution in [2.24, 2.45) is 5.92 Å². The molecule has 0 radical (unpaired) electrons. The third-order valence-corrected chi connectivity index (χ3v) is 5.85. The molecule has 1 N–H and O–H groups in total. The summed E-state index contributed by atoms with van der Waals surface area (Å²) in [6.45, 7) is 6.01. The van der Waals surface area contributed by atoms with Crippen molar-refractivity contribution in [3.8, 4) is 0 Å². The second kappa shape index (κ2) is 8.11. The quantitative estimate of drug-likeness (QED) is 0.652. The Balaban J connectivity index is 1.29. The van der Waals surface area contributed by atoms with Gasteiger partial charge >= 0.3 is 0 Å². The summed E-state index contributed by atoms with van der Waals surface area (Å²) >= 11 is 0. The first-order valence-electron chi connectivity index (χ1n) is 10.2. The van der Waals surface area contributed by atoms with Gasteiger partial charge in [0.2, 0.25) is 11.8 Å². The van der Waals surface area contributed by atoms with E-state index in [1.165, 1.54) is 16.5 Å². The summed E-state index contributed by atoms with van der Waals surface area (Å²) < 4.78 is 2.21. The third-order valence-electron chi connectivity index (χ3n) is 5.85. The molecule has 1 unspecified atom stereocenters. The van der Waals surface area contributed by atoms with Crippen LogP contribution in [-0.2, 0) is 16.1 Å². The minimum atomic E-state index is -0.281. The van der Waals surface area contributed by atoms with Gasteiger partial charge in [-0.05, 0) is 61.0 Å². The summed E-state index contributed by atoms with van der Waals surface area (Å²) in [6, 6.07) is 16.4. The topological polar surface area (TPSA) is 54.3 Å². The summed E-state index contributed by atoms with van der Waals surface area (Å²) in [4.78, 5) is 26.7. The van der Waals surface area contributed by atoms with Gasteiger partial charge < -0.3 is 14.8 Å². The molecule has 5 nitrogen and oxygen atoms in total. The summed E-state index contributed by atoms with van der Waals surface area (Å²) in [5.41, 5.74) is 4.45. The van der Waals surface area contributed by atoms with Crippen molar-refractivity contribution in [3.05, 3.63) is 65.9 Å². The van der Waals surface area contributed by atoms with Gasteiger partial charge in [-0.2, -0.15) is 0 Å². The molecule has 2 heterocycles. The number of amides is 2. The van der Waals surface area contributed by atoms with Gasteiger partial charge in [-0.1, -0.05) is 24.3 Å². The summed E-state index contributed by atoms with van der Waals surface area (Å²) in [5.74, 6) is -0.286. The van der Waals surface area contributed by atoms with Gasteiger partial charge in [0, 0.05) is 43.5 Å². The zero-order chi connectivity index (χ0) is 20.4. The van der Waals surface area contributed by atoms with E-state index in [4.69, 9.17) is 0 Å². The van der Waals surface area contributed by atoms with Gasteiger partial charge in [-0.25, -0.2) is 0 Å². The number of benzene rings is 2. The number of nitrogens with zero attached hydrogens (tertiary/aromatic N) is 2. The van der Waals surface area contributed by atoms with Crippen molar-refractivity contribution in [1.82, 2.24) is 9.88 Å². The van der Waals surface area contributed by atoms with Crippen LogP contribution in [0.25, 0.3) is 10.9 Å². The number of fused-ring (bicyclic) bond motifs is 1. The average molecular weight is 389 g/mol. The van der Waals surface area contributed by atoms with E-state index in [9.17, 15) is 9.59 Å². The largest absolute Gasteiger partial charge is 0.356 e. The van der Waals surface area contributed by atoms with Gasteiger partial charge in [0.25, 0.3) is 0 Å². The summed E-state index contributed by atoms with van der Waals surface area (Å²) in [6.07, 6.45) is 3.22. The van der Waals surface area contributed by atoms with Gasteiger partial charge in [-0.15, -0.1) is 0 Å². The Morgan fingerprint density at radius 2 is 1.93 bits per heavy atom. The predicted molar refractivity (Wildman–Crippen MR) is 116 cm³/mol. The van der Waals surface area contributed by atoms with E-state index in [1.54, 1.807) is 4.90 Å². The highest BCUT2D eigenvalue weighted by Gasteiger charge is 2.35. The minimum absolute atomic E-state index is 0.0206. The molecule has 5 heteroatoms. The molecule has 1 aromatic heterocycles. The number of hydrogen-bond donors (Lipinski definition) is 1. The smallest absolute Gasteiger partial charge is 0.227 e. The van der Waals surface area contributed by atoms with Crippen molar-refractivity contribution < 1.29 is 9.59 Å². The monoisotopic (exact) mass is 389 g/mol. The Morgan fingerprint density at radius 3 is 2.76 bits per heavy atom. The van der Waals surface area contributed by atoms with Crippen LogP contribution in [0.3, 0.4) is 0 Å². The SMILES string of the molecule is Cc1ccc(N2CC(C(=O)NCCCn3ccc4ccccc43)CC2=O)cc1C. The molecular formula is C24H27N3O2. The molecule has 4 rings (SSSR count). The summed E-state index contributed by atoms with van der Waals surface area (Å²) in [7, 11) is 0. The first-order chi connectivity index (χ1) is 14.0. The van der Waals surface area contributed by atoms with Crippen LogP contribution in [0.15, 0.2) is 54.7 Å². The number of carbonyl (C=O) groups is 2. The minimum Gasteiger partial charge on any atom is -0.356 e. The van der Waals surface area contributed by atoms with Gasteiger partial charge in [0.05, 0.1) is 5.92 Å². The van der Waals surface area contributed by atoms with Crippen LogP contribution in [0.4, 0.5) is 5.69 Å². The zero-order valence-corrected chi connectivity index (χ0v) is 17.0. The lowest BCUT2D eigenvalue weighted by Crippen LogP contribution is -2.33. The van der Waals surface area contributed by atoms with Crippen LogP contribution in [0.1, 0.15) is 24.0 Å². The lowest BCUT2D eigenvalue weighted by molar-refractivity contribution is -0.126. The van der Waals surface area contributed by atoms with Crippen molar-refractivity contribution in [3.63, 3.8) is 0 Å². The van der Waals surface area contributed by atoms with Crippen LogP contribution in [-0.4, -0.2) is 29.5 Å². The number of para-hydroxylation sites is 1. The molecule has 0 saturated carbocycles. The van der Waals surface area contributed by atoms with E-state index in [1.807, 2.05) is 37.3 Å². The molecule has 1 saturated heterocycles. The first kappa shape index (κ1) is 19.2. The Hall–Kier alpha value is -3.08. The lowest BCUT2D eigenvalue weighted by atomic mass is 10.1. The van der Waals surface area contributed by atoms with Gasteiger partial charge in [-0.3, -0.25) is 9.59 Å². The molecule has 0 bridgehead atoms. The summed E-state index contributed by atoms with van der Waals surface area (Å²) in [5, 5.41) is 4.25. The molecule has 1 aliphatic rings. The van der Waals surface area contributed by atoms with E-state index >= 15 is 0 Å². The van der Waals surface area contributed by atoms with E-state index in [0.717, 1.165) is 24.2 Å². The first-order valence-corrected chi connectivity index (χ1v) is 10.2. The normalized spacial score (nSPS) is 16.6. The molecular weight excluding hydrogens is 362 g/mol. The molecule has 150 valence electrons. The lowest BCUT2D eigenvalue weighted by Gasteiger charge is -2.18. The Morgan fingerprint density at radius 1 is 1.10 bits per heavy atom. The van der Waals surface area contributed by atoms with Crippen LogP contribution >= 0.6 is 0 Å². The molecule has 29 heavy (non-hydrogen) atoms. The van der Waals surface area contributed by atoms with Crippen molar-refractivity contribution in [1.29, 1.82) is 0 Å². The number of aryl methyl sites for hydroxylation is 3. The highest BCUT2D eigenvalue weighted by Crippen LogP contribution is 2.27. The van der Waals surface area contributed by atoms with Gasteiger partial charge in [0.15, 0.2) is 0 Å². The Bertz CT molecular complexity index is 1050. The number of hydrogen-bond acceptors (Lipinski definition) is 2. The molecule has 3 aromatic rings. The van der Waals surface area contributed by atoms with Crippen molar-refractivity contribution in [2.75, 3.05) is 18.0 Å². The number of aromatic nitrogens is 1. The van der Waals surface area contributed by atoms with E-state index < -0.39 is 0 Å². The Labute approximate surface area is 171 Å². The zero-order valence-electron chi connectivity index (χ0n) is 17.0. The molecule has 1 aliphatic heterocycles. The molecule has 1 atom stereocenters. The number of nitrogens with one attached hydrogen (secondary N) is 1. The maximum atomic E-state index is 12.6. The predicted octanol–water partition coefficient (Wildman–Crippen LogP) is 3.82. The fourth-order valence-corrected chi connectivity index (χ4v) is 3.97. The fraction of sp³-hybridized carbons (Fsp3) is 0.333. The van der Waals surface area contributed by atoms with Crippen LogP contribution in [0, 0.1) is 19.8 Å². The maximum Gasteiger partial charge on any atom is 0.227 e. The number of rotatable bonds is 6. The van der Waals surface area contributed by atoms with Crippen molar-refractivity contribution in [2.45, 2.75) is 33.2 Å². The second-order valence-corrected chi connectivity index (χ2v) is 7.89. The Kier molecular flexibility index (Phi) is 5.38. The standard InChI is InChI=1S/C24H27N3O2/c1-17-8-9-21(14-18(17)2)27-16-20(15-23(27)28)24(29)25-11-5-12-26-13-10-19-6-3-4-7-22(19)26/h3-4,6-10,13-14,20H,5,11-12,15-16H2,1-2H3,(H,25,29). The molecule has 1 fully saturated rings. The van der Waals surface area contributed by atoms with Crippen LogP contribution in [0.5, 0.6) is 0 Å². The fourth-order valence-electron chi connectivity index (χ4n) is 3.97. The molecule has 2 aromatic carbocycles. The second-order valence-electron chi connectivity index (χ2n) is 7.89. The maximum absolute atomic E-state index is 12.6. The highest BCUT2D eigenvalue weighted by molar-refractivity contribution is 6.00. The highest BCUT2D eigenvalue weighted by atomic mass is 16.2. The number of anilines is 1. The molecule has 0 spiro atoms.